The van der Waals surface area contributed by atoms with Crippen molar-refractivity contribution >= 4 is 12.0 Å². The zero-order valence-electron chi connectivity index (χ0n) is 20.9. The Labute approximate surface area is 198 Å². The van der Waals surface area contributed by atoms with E-state index in [0.29, 0.717) is 18.4 Å². The molecule has 4 fully saturated rings. The number of fused-ring (bicyclic) bond motifs is 1. The number of piperazine rings is 1. The van der Waals surface area contributed by atoms with Crippen molar-refractivity contribution in [2.45, 2.75) is 71.2 Å². The van der Waals surface area contributed by atoms with E-state index < -0.39 is 0 Å². The van der Waals surface area contributed by atoms with Crippen LogP contribution in [0.3, 0.4) is 0 Å². The summed E-state index contributed by atoms with van der Waals surface area (Å²) >= 11 is 0. The quantitative estimate of drug-likeness (QED) is 0.657. The van der Waals surface area contributed by atoms with Gasteiger partial charge in [0.15, 0.2) is 0 Å². The summed E-state index contributed by atoms with van der Waals surface area (Å²) in [5.41, 5.74) is 3.62. The largest absolute Gasteiger partial charge is 0.447 e. The lowest BCUT2D eigenvalue weighted by Gasteiger charge is -2.54. The molecule has 3 saturated heterocycles. The summed E-state index contributed by atoms with van der Waals surface area (Å²) in [4.78, 5) is 31.9. The Bertz CT molecular complexity index is 686. The van der Waals surface area contributed by atoms with Gasteiger partial charge in [0, 0.05) is 58.8 Å². The van der Waals surface area contributed by atoms with Crippen LogP contribution in [0, 0.1) is 11.8 Å². The lowest BCUT2D eigenvalue weighted by Crippen LogP contribution is -2.67. The minimum atomic E-state index is -0.229. The number of carbonyl (C=O) groups is 2. The Morgan fingerprint density at radius 1 is 1.06 bits per heavy atom. The van der Waals surface area contributed by atoms with E-state index in [-0.39, 0.29) is 36.2 Å². The van der Waals surface area contributed by atoms with E-state index in [9.17, 15) is 9.59 Å². The molecule has 2 amide bonds. The molecular weight excluding hydrogens is 422 g/mol. The Kier molecular flexibility index (Phi) is 8.15. The van der Waals surface area contributed by atoms with Crippen molar-refractivity contribution in [3.63, 3.8) is 0 Å². The Morgan fingerprint density at radius 2 is 1.82 bits per heavy atom. The van der Waals surface area contributed by atoms with Crippen LogP contribution in [0.25, 0.3) is 0 Å². The molecule has 1 saturated carbocycles. The standard InChI is InChI=1S/C24H43N5O4/c1-17(2)33-24(31)28-15-18(3)29(19(4)30)22-6-5-20(13-23(22)28)21-14-25-27(16-21)8-7-26-9-11-32-12-10-26/h17-18,20-23,25H,5-16H2,1-4H3/t18-,20?,21?,22?,23?/m0/s1. The number of carbonyl (C=O) groups excluding carboxylic acids is 2. The number of ether oxygens (including phenoxy) is 2. The van der Waals surface area contributed by atoms with Gasteiger partial charge < -0.3 is 19.3 Å². The van der Waals surface area contributed by atoms with Crippen LogP contribution in [0.5, 0.6) is 0 Å². The van der Waals surface area contributed by atoms with E-state index >= 15 is 0 Å². The van der Waals surface area contributed by atoms with Crippen molar-refractivity contribution < 1.29 is 19.1 Å². The Balaban J connectivity index is 1.37. The lowest BCUT2D eigenvalue weighted by molar-refractivity contribution is -0.142. The number of rotatable bonds is 5. The minimum absolute atomic E-state index is 0.0174. The van der Waals surface area contributed by atoms with Crippen molar-refractivity contribution in [2.24, 2.45) is 11.8 Å². The number of hydrogen-bond acceptors (Lipinski definition) is 7. The second-order valence-electron chi connectivity index (χ2n) is 10.6. The SMILES string of the molecule is CC(=O)N1C2CCC(C3CNN(CCN4CCOCC4)C3)CC2N(C(=O)OC(C)C)C[C@@H]1C. The summed E-state index contributed by atoms with van der Waals surface area (Å²) in [6.07, 6.45) is 2.63. The molecule has 4 aliphatic rings. The second-order valence-corrected chi connectivity index (χ2v) is 10.6. The molecule has 0 radical (unpaired) electrons. The summed E-state index contributed by atoms with van der Waals surface area (Å²) in [6.45, 7) is 15.9. The molecule has 9 heteroatoms. The normalized spacial score (nSPS) is 33.9. The zero-order valence-corrected chi connectivity index (χ0v) is 20.9. The van der Waals surface area contributed by atoms with Gasteiger partial charge in [-0.3, -0.25) is 15.1 Å². The maximum atomic E-state index is 13.0. The van der Waals surface area contributed by atoms with Crippen molar-refractivity contribution in [3.8, 4) is 0 Å². The first-order chi connectivity index (χ1) is 15.8. The summed E-state index contributed by atoms with van der Waals surface area (Å²) in [5.74, 6) is 1.23. The minimum Gasteiger partial charge on any atom is -0.447 e. The van der Waals surface area contributed by atoms with Crippen molar-refractivity contribution in [1.82, 2.24) is 25.1 Å². The highest BCUT2D eigenvalue weighted by atomic mass is 16.6. The molecule has 0 aromatic heterocycles. The molecule has 1 N–H and O–H groups in total. The van der Waals surface area contributed by atoms with E-state index in [4.69, 9.17) is 9.47 Å². The van der Waals surface area contributed by atoms with E-state index in [1.807, 2.05) is 30.6 Å². The molecule has 188 valence electrons. The monoisotopic (exact) mass is 465 g/mol. The fraction of sp³-hybridized carbons (Fsp3) is 0.917. The van der Waals surface area contributed by atoms with E-state index in [2.05, 4.69) is 15.3 Å². The highest BCUT2D eigenvalue weighted by Crippen LogP contribution is 2.39. The number of hydrazine groups is 1. The molecule has 0 aromatic carbocycles. The molecule has 33 heavy (non-hydrogen) atoms. The van der Waals surface area contributed by atoms with E-state index in [0.717, 1.165) is 71.7 Å². The summed E-state index contributed by atoms with van der Waals surface area (Å²) < 4.78 is 11.1. The van der Waals surface area contributed by atoms with Gasteiger partial charge in [-0.05, 0) is 51.9 Å². The Morgan fingerprint density at radius 3 is 2.52 bits per heavy atom. The molecule has 0 bridgehead atoms. The average Bonchev–Trinajstić information content (AvgIpc) is 3.26. The molecular formula is C24H43N5O4. The van der Waals surface area contributed by atoms with Crippen molar-refractivity contribution in [3.05, 3.63) is 0 Å². The zero-order chi connectivity index (χ0) is 23.5. The third-order valence-corrected chi connectivity index (χ3v) is 7.94. The van der Waals surface area contributed by atoms with Gasteiger partial charge in [-0.1, -0.05) is 0 Å². The fourth-order valence-electron chi connectivity index (χ4n) is 6.34. The third-order valence-electron chi connectivity index (χ3n) is 7.94. The van der Waals surface area contributed by atoms with Gasteiger partial charge in [-0.25, -0.2) is 9.80 Å². The van der Waals surface area contributed by atoms with Crippen LogP contribution >= 0.6 is 0 Å². The highest BCUT2D eigenvalue weighted by Gasteiger charge is 2.48. The van der Waals surface area contributed by atoms with Gasteiger partial charge in [0.1, 0.15) is 0 Å². The topological polar surface area (TPSA) is 77.6 Å². The van der Waals surface area contributed by atoms with Crippen molar-refractivity contribution in [2.75, 3.05) is 59.0 Å². The molecule has 0 spiro atoms. The maximum Gasteiger partial charge on any atom is 0.410 e. The van der Waals surface area contributed by atoms with Crippen LogP contribution in [0.2, 0.25) is 0 Å². The number of nitrogens with one attached hydrogen (secondary N) is 1. The maximum absolute atomic E-state index is 13.0. The van der Waals surface area contributed by atoms with Crippen LogP contribution in [0.1, 0.15) is 47.0 Å². The first kappa shape index (κ1) is 24.7. The van der Waals surface area contributed by atoms with Gasteiger partial charge in [-0.2, -0.15) is 0 Å². The van der Waals surface area contributed by atoms with Crippen molar-refractivity contribution in [1.29, 1.82) is 0 Å². The first-order valence-corrected chi connectivity index (χ1v) is 12.9. The van der Waals surface area contributed by atoms with Gasteiger partial charge in [0.05, 0.1) is 31.4 Å². The third kappa shape index (κ3) is 5.81. The first-order valence-electron chi connectivity index (χ1n) is 12.9. The number of amides is 2. The molecule has 3 heterocycles. The predicted octanol–water partition coefficient (Wildman–Crippen LogP) is 1.39. The number of hydrogen-bond donors (Lipinski definition) is 1. The lowest BCUT2D eigenvalue weighted by atomic mass is 9.73. The Hall–Kier alpha value is -1.42. The summed E-state index contributed by atoms with van der Waals surface area (Å²) in [7, 11) is 0. The fourth-order valence-corrected chi connectivity index (χ4v) is 6.34. The number of nitrogens with zero attached hydrogens (tertiary/aromatic N) is 4. The summed E-state index contributed by atoms with van der Waals surface area (Å²) in [5, 5.41) is 2.38. The van der Waals surface area contributed by atoms with Crippen LogP contribution in [-0.4, -0.2) is 115 Å². The van der Waals surface area contributed by atoms with Crippen LogP contribution < -0.4 is 5.43 Å². The predicted molar refractivity (Wildman–Crippen MR) is 126 cm³/mol. The van der Waals surface area contributed by atoms with Crippen LogP contribution in [0.4, 0.5) is 4.79 Å². The number of morpholine rings is 1. The van der Waals surface area contributed by atoms with Crippen LogP contribution in [-0.2, 0) is 14.3 Å². The second kappa shape index (κ2) is 10.9. The van der Waals surface area contributed by atoms with E-state index in [1.54, 1.807) is 6.92 Å². The average molecular weight is 466 g/mol. The molecule has 0 aromatic rings. The molecule has 4 unspecified atom stereocenters. The molecule has 4 rings (SSSR count). The van der Waals surface area contributed by atoms with E-state index in [1.165, 1.54) is 0 Å². The molecule has 5 atom stereocenters. The smallest absolute Gasteiger partial charge is 0.410 e. The molecule has 9 nitrogen and oxygen atoms in total. The van der Waals surface area contributed by atoms with Gasteiger partial charge in [0.2, 0.25) is 5.91 Å². The van der Waals surface area contributed by atoms with Gasteiger partial charge >= 0.3 is 6.09 Å². The highest BCUT2D eigenvalue weighted by molar-refractivity contribution is 5.75. The molecule has 1 aliphatic carbocycles. The molecule has 3 aliphatic heterocycles. The van der Waals surface area contributed by atoms with Gasteiger partial charge in [-0.15, -0.1) is 0 Å². The van der Waals surface area contributed by atoms with Crippen LogP contribution in [0.15, 0.2) is 0 Å². The van der Waals surface area contributed by atoms with Gasteiger partial charge in [0.25, 0.3) is 0 Å². The summed E-state index contributed by atoms with van der Waals surface area (Å²) in [6, 6.07) is 0.148.